The van der Waals surface area contributed by atoms with Crippen molar-refractivity contribution >= 4 is 5.82 Å². The first-order chi connectivity index (χ1) is 11.8. The second-order valence-electron chi connectivity index (χ2n) is 6.45. The van der Waals surface area contributed by atoms with Crippen LogP contribution in [0.2, 0.25) is 0 Å². The molecule has 0 unspecified atom stereocenters. The van der Waals surface area contributed by atoms with Crippen LogP contribution in [0.15, 0.2) is 16.8 Å². The van der Waals surface area contributed by atoms with Gasteiger partial charge in [-0.15, -0.1) is 10.2 Å². The molecule has 2 fully saturated rings. The number of rotatable bonds is 6. The highest BCUT2D eigenvalue weighted by Gasteiger charge is 2.30. The Morgan fingerprint density at radius 2 is 2.04 bits per heavy atom. The SMILES string of the molecule is COc1cc(NC2CCN(Cc3nnc(C4CC4)o3)CC2)ncn1. The predicted octanol–water partition coefficient (Wildman–Crippen LogP) is 1.82. The molecule has 3 heterocycles. The molecular formula is C16H22N6O2. The predicted molar refractivity (Wildman–Crippen MR) is 86.8 cm³/mol. The molecule has 0 radical (unpaired) electrons. The summed E-state index contributed by atoms with van der Waals surface area (Å²) in [5, 5.41) is 11.8. The Morgan fingerprint density at radius 1 is 1.21 bits per heavy atom. The average Bonchev–Trinajstić information content (AvgIpc) is 3.37. The summed E-state index contributed by atoms with van der Waals surface area (Å²) >= 11 is 0. The number of nitrogens with one attached hydrogen (secondary N) is 1. The van der Waals surface area contributed by atoms with E-state index in [4.69, 9.17) is 9.15 Å². The van der Waals surface area contributed by atoms with E-state index in [1.165, 1.54) is 19.2 Å². The minimum atomic E-state index is 0.408. The van der Waals surface area contributed by atoms with E-state index in [9.17, 15) is 0 Å². The number of likely N-dealkylation sites (tertiary alicyclic amines) is 1. The molecule has 1 N–H and O–H groups in total. The Bertz CT molecular complexity index is 679. The molecule has 0 spiro atoms. The average molecular weight is 330 g/mol. The van der Waals surface area contributed by atoms with Crippen LogP contribution in [0.5, 0.6) is 5.88 Å². The zero-order valence-electron chi connectivity index (χ0n) is 13.8. The molecular weight excluding hydrogens is 308 g/mol. The number of anilines is 1. The molecule has 24 heavy (non-hydrogen) atoms. The zero-order valence-corrected chi connectivity index (χ0v) is 13.8. The lowest BCUT2D eigenvalue weighted by molar-refractivity contribution is 0.192. The lowest BCUT2D eigenvalue weighted by atomic mass is 10.1. The summed E-state index contributed by atoms with van der Waals surface area (Å²) in [6.07, 6.45) is 5.99. The van der Waals surface area contributed by atoms with Gasteiger partial charge in [0.1, 0.15) is 12.1 Å². The second kappa shape index (κ2) is 6.72. The van der Waals surface area contributed by atoms with Crippen LogP contribution < -0.4 is 10.1 Å². The summed E-state index contributed by atoms with van der Waals surface area (Å²) in [5.74, 6) is 3.47. The fraction of sp³-hybridized carbons (Fsp3) is 0.625. The van der Waals surface area contributed by atoms with Crippen LogP contribution in [0.4, 0.5) is 5.82 Å². The third-order valence-corrected chi connectivity index (χ3v) is 4.56. The molecule has 0 bridgehead atoms. The third kappa shape index (κ3) is 3.64. The zero-order chi connectivity index (χ0) is 16.4. The van der Waals surface area contributed by atoms with Gasteiger partial charge < -0.3 is 14.5 Å². The molecule has 0 aromatic carbocycles. The molecule has 2 aromatic heterocycles. The highest BCUT2D eigenvalue weighted by molar-refractivity contribution is 5.38. The van der Waals surface area contributed by atoms with E-state index in [0.29, 0.717) is 17.8 Å². The molecule has 8 heteroatoms. The van der Waals surface area contributed by atoms with Gasteiger partial charge in [-0.1, -0.05) is 0 Å². The topological polar surface area (TPSA) is 89.2 Å². The van der Waals surface area contributed by atoms with Gasteiger partial charge >= 0.3 is 0 Å². The Balaban J connectivity index is 1.26. The highest BCUT2D eigenvalue weighted by atomic mass is 16.5. The van der Waals surface area contributed by atoms with Crippen molar-refractivity contribution in [1.29, 1.82) is 0 Å². The smallest absolute Gasteiger partial charge is 0.230 e. The summed E-state index contributed by atoms with van der Waals surface area (Å²) in [6.45, 7) is 2.75. The van der Waals surface area contributed by atoms with E-state index in [1.807, 2.05) is 6.07 Å². The monoisotopic (exact) mass is 330 g/mol. The molecule has 0 amide bonds. The minimum absolute atomic E-state index is 0.408. The quantitative estimate of drug-likeness (QED) is 0.858. The number of piperidine rings is 1. The molecule has 1 saturated carbocycles. The lowest BCUT2D eigenvalue weighted by Crippen LogP contribution is -2.38. The Hall–Kier alpha value is -2.22. The first-order valence-corrected chi connectivity index (χ1v) is 8.47. The maximum absolute atomic E-state index is 5.75. The summed E-state index contributed by atoms with van der Waals surface area (Å²) in [7, 11) is 1.61. The van der Waals surface area contributed by atoms with Crippen LogP contribution in [0, 0.1) is 0 Å². The van der Waals surface area contributed by atoms with Gasteiger partial charge in [-0.05, 0) is 25.7 Å². The standard InChI is InChI=1S/C16H22N6O2/c1-23-14-8-13(17-10-18-14)19-12-4-6-22(7-5-12)9-15-20-21-16(24-15)11-2-3-11/h8,10-12H,2-7,9H2,1H3,(H,17,18,19). The fourth-order valence-corrected chi connectivity index (χ4v) is 2.99. The van der Waals surface area contributed by atoms with E-state index >= 15 is 0 Å². The molecule has 1 saturated heterocycles. The Kier molecular flexibility index (Phi) is 4.29. The van der Waals surface area contributed by atoms with Gasteiger partial charge in [0.2, 0.25) is 17.7 Å². The Morgan fingerprint density at radius 3 is 2.79 bits per heavy atom. The molecule has 2 aliphatic rings. The van der Waals surface area contributed by atoms with E-state index < -0.39 is 0 Å². The lowest BCUT2D eigenvalue weighted by Gasteiger charge is -2.31. The molecule has 1 aliphatic carbocycles. The van der Waals surface area contributed by atoms with Gasteiger partial charge in [0.15, 0.2) is 0 Å². The van der Waals surface area contributed by atoms with Crippen LogP contribution in [0.1, 0.15) is 43.4 Å². The third-order valence-electron chi connectivity index (χ3n) is 4.56. The summed E-state index contributed by atoms with van der Waals surface area (Å²) < 4.78 is 10.9. The van der Waals surface area contributed by atoms with Crippen LogP contribution in [0.25, 0.3) is 0 Å². The highest BCUT2D eigenvalue weighted by Crippen LogP contribution is 2.39. The van der Waals surface area contributed by atoms with Crippen LogP contribution >= 0.6 is 0 Å². The molecule has 4 rings (SSSR count). The number of methoxy groups -OCH3 is 1. The van der Waals surface area contributed by atoms with Gasteiger partial charge in [-0.25, -0.2) is 9.97 Å². The first kappa shape index (κ1) is 15.3. The van der Waals surface area contributed by atoms with E-state index in [2.05, 4.69) is 30.4 Å². The van der Waals surface area contributed by atoms with Crippen LogP contribution in [-0.2, 0) is 6.54 Å². The number of hydrogen-bond acceptors (Lipinski definition) is 8. The van der Waals surface area contributed by atoms with Gasteiger partial charge in [0.25, 0.3) is 0 Å². The van der Waals surface area contributed by atoms with E-state index in [-0.39, 0.29) is 0 Å². The van der Waals surface area contributed by atoms with Crippen molar-refractivity contribution in [2.24, 2.45) is 0 Å². The van der Waals surface area contributed by atoms with Crippen molar-refractivity contribution in [3.63, 3.8) is 0 Å². The molecule has 1 aliphatic heterocycles. The van der Waals surface area contributed by atoms with Crippen LogP contribution in [0.3, 0.4) is 0 Å². The van der Waals surface area contributed by atoms with E-state index in [0.717, 1.165) is 50.1 Å². The molecule has 128 valence electrons. The number of nitrogens with zero attached hydrogens (tertiary/aromatic N) is 5. The Labute approximate surface area is 140 Å². The summed E-state index contributed by atoms with van der Waals surface area (Å²) in [5.41, 5.74) is 0. The van der Waals surface area contributed by atoms with Gasteiger partial charge in [0.05, 0.1) is 13.7 Å². The normalized spacial score (nSPS) is 19.4. The van der Waals surface area contributed by atoms with Gasteiger partial charge in [-0.3, -0.25) is 4.90 Å². The van der Waals surface area contributed by atoms with Crippen molar-refractivity contribution < 1.29 is 9.15 Å². The molecule has 0 atom stereocenters. The van der Waals surface area contributed by atoms with Crippen molar-refractivity contribution in [1.82, 2.24) is 25.1 Å². The number of aromatic nitrogens is 4. The van der Waals surface area contributed by atoms with Crippen molar-refractivity contribution in [2.45, 2.75) is 44.2 Å². The maximum Gasteiger partial charge on any atom is 0.230 e. The van der Waals surface area contributed by atoms with Crippen molar-refractivity contribution in [2.75, 3.05) is 25.5 Å². The number of ether oxygens (including phenoxy) is 1. The maximum atomic E-state index is 5.75. The molecule has 8 nitrogen and oxygen atoms in total. The van der Waals surface area contributed by atoms with Crippen LogP contribution in [-0.4, -0.2) is 51.3 Å². The van der Waals surface area contributed by atoms with E-state index in [1.54, 1.807) is 7.11 Å². The minimum Gasteiger partial charge on any atom is -0.481 e. The van der Waals surface area contributed by atoms with Gasteiger partial charge in [0, 0.05) is 31.1 Å². The summed E-state index contributed by atoms with van der Waals surface area (Å²) in [4.78, 5) is 10.6. The first-order valence-electron chi connectivity index (χ1n) is 8.47. The second-order valence-corrected chi connectivity index (χ2v) is 6.45. The van der Waals surface area contributed by atoms with Crippen molar-refractivity contribution in [3.8, 4) is 5.88 Å². The number of hydrogen-bond donors (Lipinski definition) is 1. The largest absolute Gasteiger partial charge is 0.481 e. The molecule has 2 aromatic rings. The fourth-order valence-electron chi connectivity index (χ4n) is 2.99. The van der Waals surface area contributed by atoms with Crippen molar-refractivity contribution in [3.05, 3.63) is 24.2 Å². The summed E-state index contributed by atoms with van der Waals surface area (Å²) in [6, 6.07) is 2.23. The van der Waals surface area contributed by atoms with Gasteiger partial charge in [-0.2, -0.15) is 0 Å².